The van der Waals surface area contributed by atoms with Gasteiger partial charge in [0.25, 0.3) is 0 Å². The maximum atomic E-state index is 13.8. The lowest BCUT2D eigenvalue weighted by Crippen LogP contribution is -2.38. The molecule has 0 amide bonds. The van der Waals surface area contributed by atoms with Crippen molar-refractivity contribution in [3.63, 3.8) is 0 Å². The molecule has 0 aliphatic carbocycles. The van der Waals surface area contributed by atoms with Gasteiger partial charge in [0.05, 0.1) is 30.0 Å². The first-order valence-corrected chi connectivity index (χ1v) is 7.38. The SMILES string of the molecule is COC(=O)C1=C(C(=O)OC)N(c2cc(F)c(I)c(F)c2)COC1. The number of hydrogen-bond acceptors (Lipinski definition) is 6. The molecule has 0 atom stereocenters. The van der Waals surface area contributed by atoms with Crippen molar-refractivity contribution < 1.29 is 32.6 Å². The van der Waals surface area contributed by atoms with Gasteiger partial charge < -0.3 is 19.1 Å². The number of anilines is 1. The minimum atomic E-state index is -0.840. The molecule has 23 heavy (non-hydrogen) atoms. The van der Waals surface area contributed by atoms with E-state index in [1.54, 1.807) is 0 Å². The summed E-state index contributed by atoms with van der Waals surface area (Å²) < 4.78 is 41.9. The highest BCUT2D eigenvalue weighted by molar-refractivity contribution is 14.1. The summed E-state index contributed by atoms with van der Waals surface area (Å²) in [6.07, 6.45) is 0. The van der Waals surface area contributed by atoms with Crippen molar-refractivity contribution in [2.45, 2.75) is 0 Å². The Balaban J connectivity index is 2.59. The molecule has 1 aromatic rings. The van der Waals surface area contributed by atoms with Gasteiger partial charge in [0.2, 0.25) is 0 Å². The molecule has 2 rings (SSSR count). The highest BCUT2D eigenvalue weighted by Crippen LogP contribution is 2.29. The van der Waals surface area contributed by atoms with Crippen LogP contribution in [0.4, 0.5) is 14.5 Å². The molecule has 124 valence electrons. The van der Waals surface area contributed by atoms with Gasteiger partial charge in [-0.2, -0.15) is 0 Å². The number of halogens is 3. The fraction of sp³-hybridized carbons (Fsp3) is 0.286. The van der Waals surface area contributed by atoms with Crippen LogP contribution >= 0.6 is 22.6 Å². The molecule has 0 fully saturated rings. The summed E-state index contributed by atoms with van der Waals surface area (Å²) in [4.78, 5) is 25.0. The maximum Gasteiger partial charge on any atom is 0.355 e. The molecular weight excluding hydrogens is 427 g/mol. The average Bonchev–Trinajstić information content (AvgIpc) is 2.57. The summed E-state index contributed by atoms with van der Waals surface area (Å²) >= 11 is 1.53. The second-order valence-electron chi connectivity index (χ2n) is 4.44. The third-order valence-electron chi connectivity index (χ3n) is 3.11. The fourth-order valence-corrected chi connectivity index (χ4v) is 2.36. The zero-order chi connectivity index (χ0) is 17.1. The molecule has 0 radical (unpaired) electrons. The Hall–Kier alpha value is -1.75. The quantitative estimate of drug-likeness (QED) is 0.408. The Morgan fingerprint density at radius 3 is 2.26 bits per heavy atom. The van der Waals surface area contributed by atoms with Crippen molar-refractivity contribution in [3.8, 4) is 0 Å². The van der Waals surface area contributed by atoms with E-state index in [1.807, 2.05) is 0 Å². The summed E-state index contributed by atoms with van der Waals surface area (Å²) in [6, 6.07) is 2.08. The Morgan fingerprint density at radius 1 is 1.17 bits per heavy atom. The lowest BCUT2D eigenvalue weighted by atomic mass is 10.1. The van der Waals surface area contributed by atoms with Gasteiger partial charge in [-0.3, -0.25) is 0 Å². The summed E-state index contributed by atoms with van der Waals surface area (Å²) in [5.74, 6) is -3.22. The van der Waals surface area contributed by atoms with Crippen LogP contribution < -0.4 is 4.90 Å². The van der Waals surface area contributed by atoms with Crippen molar-refractivity contribution in [2.75, 3.05) is 32.5 Å². The summed E-state index contributed by atoms with van der Waals surface area (Å²) in [7, 11) is 2.28. The third-order valence-corrected chi connectivity index (χ3v) is 4.14. The van der Waals surface area contributed by atoms with Gasteiger partial charge >= 0.3 is 11.9 Å². The molecule has 0 unspecified atom stereocenters. The fourth-order valence-electron chi connectivity index (χ4n) is 2.05. The van der Waals surface area contributed by atoms with E-state index in [0.29, 0.717) is 0 Å². The van der Waals surface area contributed by atoms with Gasteiger partial charge in [0.1, 0.15) is 24.1 Å². The Morgan fingerprint density at radius 2 is 1.74 bits per heavy atom. The van der Waals surface area contributed by atoms with Crippen molar-refractivity contribution >= 4 is 40.2 Å². The van der Waals surface area contributed by atoms with E-state index in [2.05, 4.69) is 9.47 Å². The molecule has 1 heterocycles. The first-order chi connectivity index (χ1) is 10.9. The van der Waals surface area contributed by atoms with E-state index >= 15 is 0 Å². The smallest absolute Gasteiger partial charge is 0.355 e. The number of benzene rings is 1. The van der Waals surface area contributed by atoms with Gasteiger partial charge in [0.15, 0.2) is 0 Å². The predicted molar refractivity (Wildman–Crippen MR) is 83.4 cm³/mol. The van der Waals surface area contributed by atoms with Crippen molar-refractivity contribution in [1.82, 2.24) is 0 Å². The standard InChI is InChI=1S/C14H12F2INO5/c1-21-13(19)8-5-23-6-18(12(8)14(20)22-2)7-3-9(15)11(17)10(16)4-7/h3-4H,5-6H2,1-2H3. The number of carbonyl (C=O) groups excluding carboxylic acids is 2. The second-order valence-corrected chi connectivity index (χ2v) is 5.52. The number of methoxy groups -OCH3 is 2. The first-order valence-electron chi connectivity index (χ1n) is 6.30. The molecular formula is C14H12F2INO5. The van der Waals surface area contributed by atoms with E-state index in [4.69, 9.17) is 4.74 Å². The molecule has 0 N–H and O–H groups in total. The molecule has 1 aliphatic rings. The molecule has 1 aliphatic heterocycles. The highest BCUT2D eigenvalue weighted by atomic mass is 127. The number of hydrogen-bond donors (Lipinski definition) is 0. The normalized spacial score (nSPS) is 14.7. The number of ether oxygens (including phenoxy) is 3. The minimum Gasteiger partial charge on any atom is -0.466 e. The van der Waals surface area contributed by atoms with E-state index in [0.717, 1.165) is 31.3 Å². The van der Waals surface area contributed by atoms with Crippen LogP contribution in [0.5, 0.6) is 0 Å². The predicted octanol–water partition coefficient (Wildman–Crippen LogP) is 1.96. The average molecular weight is 439 g/mol. The van der Waals surface area contributed by atoms with Crippen LogP contribution in [0.2, 0.25) is 0 Å². The lowest BCUT2D eigenvalue weighted by molar-refractivity contribution is -0.140. The van der Waals surface area contributed by atoms with E-state index in [1.165, 1.54) is 22.6 Å². The zero-order valence-electron chi connectivity index (χ0n) is 12.2. The summed E-state index contributed by atoms with van der Waals surface area (Å²) in [5.41, 5.74) is -0.252. The van der Waals surface area contributed by atoms with Crippen LogP contribution in [0.3, 0.4) is 0 Å². The van der Waals surface area contributed by atoms with Crippen LogP contribution in [-0.2, 0) is 23.8 Å². The van der Waals surface area contributed by atoms with Crippen LogP contribution in [-0.4, -0.2) is 39.5 Å². The van der Waals surface area contributed by atoms with Gasteiger partial charge in [0, 0.05) is 5.69 Å². The maximum absolute atomic E-state index is 13.8. The molecule has 0 aromatic heterocycles. The monoisotopic (exact) mass is 439 g/mol. The molecule has 0 saturated heterocycles. The van der Waals surface area contributed by atoms with Crippen LogP contribution in [0.15, 0.2) is 23.4 Å². The Labute approximate surface area is 144 Å². The first kappa shape index (κ1) is 17.6. The van der Waals surface area contributed by atoms with Gasteiger partial charge in [-0.25, -0.2) is 18.4 Å². The molecule has 0 saturated carbocycles. The number of rotatable bonds is 3. The molecule has 6 nitrogen and oxygen atoms in total. The highest BCUT2D eigenvalue weighted by Gasteiger charge is 2.33. The molecule has 0 spiro atoms. The third kappa shape index (κ3) is 3.44. The topological polar surface area (TPSA) is 65.1 Å². The minimum absolute atomic E-state index is 0.0157. The van der Waals surface area contributed by atoms with Crippen molar-refractivity contribution in [1.29, 1.82) is 0 Å². The summed E-state index contributed by atoms with van der Waals surface area (Å²) in [6.45, 7) is -0.354. The van der Waals surface area contributed by atoms with Crippen LogP contribution in [0.25, 0.3) is 0 Å². The number of nitrogens with zero attached hydrogens (tertiary/aromatic N) is 1. The number of esters is 2. The van der Waals surface area contributed by atoms with E-state index < -0.39 is 23.6 Å². The van der Waals surface area contributed by atoms with Crippen LogP contribution in [0, 0.1) is 15.2 Å². The Bertz CT molecular complexity index is 669. The largest absolute Gasteiger partial charge is 0.466 e. The van der Waals surface area contributed by atoms with Gasteiger partial charge in [-0.1, -0.05) is 0 Å². The van der Waals surface area contributed by atoms with Gasteiger partial charge in [-0.05, 0) is 34.7 Å². The van der Waals surface area contributed by atoms with E-state index in [9.17, 15) is 18.4 Å². The molecule has 9 heteroatoms. The van der Waals surface area contributed by atoms with Gasteiger partial charge in [-0.15, -0.1) is 0 Å². The number of carbonyl (C=O) groups is 2. The zero-order valence-corrected chi connectivity index (χ0v) is 14.3. The van der Waals surface area contributed by atoms with Crippen molar-refractivity contribution in [3.05, 3.63) is 38.6 Å². The van der Waals surface area contributed by atoms with Crippen LogP contribution in [0.1, 0.15) is 0 Å². The molecule has 0 bridgehead atoms. The lowest BCUT2D eigenvalue weighted by Gasteiger charge is -2.31. The van der Waals surface area contributed by atoms with Crippen molar-refractivity contribution in [2.24, 2.45) is 0 Å². The van der Waals surface area contributed by atoms with E-state index in [-0.39, 0.29) is 33.9 Å². The Kier molecular flexibility index (Phi) is 5.52. The molecule has 1 aromatic carbocycles. The second kappa shape index (κ2) is 7.21. The summed E-state index contributed by atoms with van der Waals surface area (Å²) in [5, 5.41) is 0.